The Labute approximate surface area is 264 Å². The molecule has 12 heteroatoms. The number of fused-ring (bicyclic) bond motifs is 5. The van der Waals surface area contributed by atoms with E-state index in [-0.39, 0.29) is 37.4 Å². The molecule has 45 heavy (non-hydrogen) atoms. The first kappa shape index (κ1) is 35.3. The number of aliphatic hydroxyl groups is 9. The highest BCUT2D eigenvalue weighted by Crippen LogP contribution is 2.68. The van der Waals surface area contributed by atoms with Gasteiger partial charge in [-0.2, -0.15) is 0 Å². The Morgan fingerprint density at radius 3 is 2.31 bits per heavy atom. The lowest BCUT2D eigenvalue weighted by atomic mass is 9.45. The summed E-state index contributed by atoms with van der Waals surface area (Å²) in [5, 5.41) is 97.2. The molecule has 9 N–H and O–H groups in total. The lowest BCUT2D eigenvalue weighted by molar-refractivity contribution is -0.323. The minimum absolute atomic E-state index is 0.0815. The van der Waals surface area contributed by atoms with Crippen LogP contribution in [-0.2, 0) is 14.3 Å². The molecule has 15 atom stereocenters. The Morgan fingerprint density at radius 1 is 1.02 bits per heavy atom. The predicted molar refractivity (Wildman–Crippen MR) is 159 cm³/mol. The van der Waals surface area contributed by atoms with Gasteiger partial charge in [0.05, 0.1) is 41.7 Å². The molecule has 4 aliphatic carbocycles. The Bertz CT molecular complexity index is 1150. The van der Waals surface area contributed by atoms with Crippen LogP contribution in [0.3, 0.4) is 0 Å². The topological polar surface area (TPSA) is 218 Å². The van der Waals surface area contributed by atoms with Crippen molar-refractivity contribution in [1.29, 1.82) is 0 Å². The van der Waals surface area contributed by atoms with Crippen LogP contribution in [0.25, 0.3) is 0 Å². The van der Waals surface area contributed by atoms with E-state index in [2.05, 4.69) is 0 Å². The molecule has 0 aromatic carbocycles. The fourth-order valence-corrected chi connectivity index (χ4v) is 9.79. The zero-order valence-electron chi connectivity index (χ0n) is 27.0. The van der Waals surface area contributed by atoms with Crippen LogP contribution < -0.4 is 0 Å². The van der Waals surface area contributed by atoms with Gasteiger partial charge in [-0.1, -0.05) is 13.8 Å². The first-order chi connectivity index (χ1) is 20.7. The van der Waals surface area contributed by atoms with E-state index in [0.717, 1.165) is 0 Å². The third-order valence-electron chi connectivity index (χ3n) is 12.7. The monoisotopic (exact) mass is 642 g/mol. The number of allylic oxidation sites excluding steroid dienone is 1. The fourth-order valence-electron chi connectivity index (χ4n) is 9.79. The van der Waals surface area contributed by atoms with Crippen LogP contribution in [0.5, 0.6) is 0 Å². The van der Waals surface area contributed by atoms with Gasteiger partial charge in [0.25, 0.3) is 0 Å². The average Bonchev–Trinajstić information content (AvgIpc) is 3.24. The summed E-state index contributed by atoms with van der Waals surface area (Å²) in [6, 6.07) is 0. The molecule has 5 rings (SSSR count). The first-order valence-electron chi connectivity index (χ1n) is 16.5. The lowest BCUT2D eigenvalue weighted by Gasteiger charge is -2.61. The van der Waals surface area contributed by atoms with Crippen LogP contribution in [0.2, 0.25) is 0 Å². The van der Waals surface area contributed by atoms with Crippen LogP contribution in [-0.4, -0.2) is 124 Å². The quantitative estimate of drug-likeness (QED) is 0.166. The van der Waals surface area contributed by atoms with Gasteiger partial charge in [-0.15, -0.1) is 0 Å². The van der Waals surface area contributed by atoms with Gasteiger partial charge >= 0.3 is 0 Å². The standard InChI is InChI=1S/C33H54O12/c1-29(2,41)9-8-24(37)32(5,42)23-7-11-33(43)17-12-19(35)18-13-20(36)21(14-30(18,3)16(17)6-10-31(23,33)4)44-28-27(40)26(39)25(38)22(15-34)45-28/h12,16,18,20-28,34,36-43H,6-11,13-15H2,1-5H3/t16-,18+,20+,21-,22+,23-,24+,25+,26-,27+,28+,30+,31+,32+,33+/m0/s1. The molecule has 3 saturated carbocycles. The number of rotatable bonds is 8. The molecule has 12 nitrogen and oxygen atoms in total. The molecule has 0 bridgehead atoms. The second-order valence-electron chi connectivity index (χ2n) is 16.0. The van der Waals surface area contributed by atoms with Crippen molar-refractivity contribution in [1.82, 2.24) is 0 Å². The van der Waals surface area contributed by atoms with E-state index in [0.29, 0.717) is 31.3 Å². The number of carbonyl (C=O) groups excluding carboxylic acids is 1. The summed E-state index contributed by atoms with van der Waals surface area (Å²) in [4.78, 5) is 13.7. The molecule has 0 aromatic rings. The average molecular weight is 643 g/mol. The van der Waals surface area contributed by atoms with Crippen LogP contribution in [0.4, 0.5) is 0 Å². The minimum atomic E-state index is -1.64. The highest BCUT2D eigenvalue weighted by Gasteiger charge is 2.69. The maximum atomic E-state index is 13.7. The van der Waals surface area contributed by atoms with Crippen molar-refractivity contribution in [2.24, 2.45) is 28.6 Å². The summed E-state index contributed by atoms with van der Waals surface area (Å²) in [7, 11) is 0. The molecule has 0 spiro atoms. The molecule has 1 saturated heterocycles. The molecule has 4 fully saturated rings. The number of carbonyl (C=O) groups is 1. The summed E-state index contributed by atoms with van der Waals surface area (Å²) in [5.74, 6) is -1.49. The molecule has 1 heterocycles. The summed E-state index contributed by atoms with van der Waals surface area (Å²) in [6.07, 6.45) is -6.46. The fraction of sp³-hybridized carbons (Fsp3) is 0.909. The highest BCUT2D eigenvalue weighted by molar-refractivity contribution is 5.95. The number of hydrogen-bond acceptors (Lipinski definition) is 12. The summed E-state index contributed by atoms with van der Waals surface area (Å²) in [6.45, 7) is 8.15. The third kappa shape index (κ3) is 5.65. The smallest absolute Gasteiger partial charge is 0.187 e. The molecule has 0 unspecified atom stereocenters. The van der Waals surface area contributed by atoms with Crippen molar-refractivity contribution in [2.45, 2.75) is 152 Å². The van der Waals surface area contributed by atoms with Crippen molar-refractivity contribution >= 4 is 5.78 Å². The molecule has 0 aromatic heterocycles. The van der Waals surface area contributed by atoms with E-state index < -0.39 is 95.1 Å². The zero-order chi connectivity index (χ0) is 33.5. The van der Waals surface area contributed by atoms with Gasteiger partial charge in [-0.05, 0) is 101 Å². The van der Waals surface area contributed by atoms with E-state index in [9.17, 15) is 50.8 Å². The summed E-state index contributed by atoms with van der Waals surface area (Å²) in [5.41, 5.74) is -4.98. The van der Waals surface area contributed by atoms with E-state index >= 15 is 0 Å². The van der Waals surface area contributed by atoms with Gasteiger partial charge in [0.15, 0.2) is 12.1 Å². The molecule has 1 aliphatic heterocycles. The Hall–Kier alpha value is -1.03. The number of hydrogen-bond donors (Lipinski definition) is 9. The van der Waals surface area contributed by atoms with E-state index in [1.165, 1.54) is 0 Å². The van der Waals surface area contributed by atoms with Crippen molar-refractivity contribution < 1.29 is 60.2 Å². The van der Waals surface area contributed by atoms with Gasteiger partial charge < -0.3 is 55.4 Å². The molecule has 0 amide bonds. The van der Waals surface area contributed by atoms with Crippen LogP contribution >= 0.6 is 0 Å². The Balaban J connectivity index is 1.40. The van der Waals surface area contributed by atoms with E-state index in [1.807, 2.05) is 13.8 Å². The van der Waals surface area contributed by atoms with Gasteiger partial charge in [0.1, 0.15) is 24.4 Å². The van der Waals surface area contributed by atoms with Crippen molar-refractivity contribution in [2.75, 3.05) is 6.61 Å². The van der Waals surface area contributed by atoms with Crippen LogP contribution in [0, 0.1) is 28.6 Å². The second-order valence-corrected chi connectivity index (χ2v) is 16.0. The van der Waals surface area contributed by atoms with Crippen LogP contribution in [0.15, 0.2) is 11.6 Å². The number of aliphatic hydroxyl groups excluding tert-OH is 6. The summed E-state index contributed by atoms with van der Waals surface area (Å²) >= 11 is 0. The second kappa shape index (κ2) is 11.8. The molecular weight excluding hydrogens is 588 g/mol. The van der Waals surface area contributed by atoms with Crippen molar-refractivity contribution in [3.63, 3.8) is 0 Å². The zero-order valence-corrected chi connectivity index (χ0v) is 27.0. The van der Waals surface area contributed by atoms with Crippen molar-refractivity contribution in [3.8, 4) is 0 Å². The summed E-state index contributed by atoms with van der Waals surface area (Å²) < 4.78 is 11.6. The lowest BCUT2D eigenvalue weighted by Crippen LogP contribution is -2.64. The highest BCUT2D eigenvalue weighted by atomic mass is 16.7. The Kier molecular flexibility index (Phi) is 9.28. The predicted octanol–water partition coefficient (Wildman–Crippen LogP) is -0.322. The van der Waals surface area contributed by atoms with Gasteiger partial charge in [-0.25, -0.2) is 0 Å². The van der Waals surface area contributed by atoms with Gasteiger partial charge in [-0.3, -0.25) is 4.79 Å². The first-order valence-corrected chi connectivity index (χ1v) is 16.5. The SMILES string of the molecule is CC(C)(O)CC[C@@H](O)[C@](C)(O)[C@H]1CC[C@@]2(O)C3=CC(=O)[C@H]4C[C@@H](O)[C@@H](O[C@@H]5O[C@H](CO)[C@@H](O)[C@H](O)[C@H]5O)C[C@]4(C)[C@H]3CC[C@]12C. The van der Waals surface area contributed by atoms with E-state index in [4.69, 9.17) is 9.47 Å². The normalized spacial score (nSPS) is 48.9. The van der Waals surface area contributed by atoms with Gasteiger partial charge in [0, 0.05) is 11.3 Å². The van der Waals surface area contributed by atoms with Crippen molar-refractivity contribution in [3.05, 3.63) is 11.6 Å². The van der Waals surface area contributed by atoms with Crippen LogP contribution in [0.1, 0.15) is 86.0 Å². The van der Waals surface area contributed by atoms with E-state index in [1.54, 1.807) is 26.8 Å². The maximum Gasteiger partial charge on any atom is 0.187 e. The molecule has 5 aliphatic rings. The molecular formula is C33H54O12. The molecule has 258 valence electrons. The number of ether oxygens (including phenoxy) is 2. The minimum Gasteiger partial charge on any atom is -0.394 e. The number of ketones is 1. The maximum absolute atomic E-state index is 13.7. The third-order valence-corrected chi connectivity index (χ3v) is 12.7. The molecule has 0 radical (unpaired) electrons. The van der Waals surface area contributed by atoms with Gasteiger partial charge in [0.2, 0.25) is 0 Å². The Morgan fingerprint density at radius 2 is 1.69 bits per heavy atom. The largest absolute Gasteiger partial charge is 0.394 e.